The minimum Gasteiger partial charge on any atom is -0.346 e. The third kappa shape index (κ3) is 2.66. The minimum absolute atomic E-state index is 0.266. The van der Waals surface area contributed by atoms with Gasteiger partial charge in [0, 0.05) is 30.0 Å². The molecule has 1 atom stereocenters. The van der Waals surface area contributed by atoms with Crippen molar-refractivity contribution in [3.63, 3.8) is 0 Å². The van der Waals surface area contributed by atoms with Gasteiger partial charge in [-0.2, -0.15) is 0 Å². The average molecular weight is 276 g/mol. The molecule has 2 heterocycles. The molecule has 0 aliphatic heterocycles. The monoisotopic (exact) mass is 276 g/mol. The number of thiazole rings is 1. The van der Waals surface area contributed by atoms with E-state index in [2.05, 4.69) is 33.0 Å². The van der Waals surface area contributed by atoms with E-state index in [-0.39, 0.29) is 6.04 Å². The van der Waals surface area contributed by atoms with Crippen molar-refractivity contribution in [2.75, 3.05) is 5.32 Å². The Morgan fingerprint density at radius 2 is 2.21 bits per heavy atom. The molecule has 3 rings (SSSR count). The molecule has 0 aromatic carbocycles. The van der Waals surface area contributed by atoms with Crippen LogP contribution in [-0.4, -0.2) is 14.5 Å². The van der Waals surface area contributed by atoms with E-state index in [1.165, 1.54) is 25.7 Å². The van der Waals surface area contributed by atoms with Crippen molar-refractivity contribution in [1.29, 1.82) is 0 Å². The molecule has 1 fully saturated rings. The molecule has 2 aromatic rings. The van der Waals surface area contributed by atoms with Crippen molar-refractivity contribution in [3.05, 3.63) is 29.0 Å². The predicted octanol–water partition coefficient (Wildman–Crippen LogP) is 4.02. The molecule has 102 valence electrons. The van der Waals surface area contributed by atoms with Crippen molar-refractivity contribution < 1.29 is 0 Å². The zero-order chi connectivity index (χ0) is 13.1. The Balaban J connectivity index is 1.77. The van der Waals surface area contributed by atoms with Gasteiger partial charge in [0.15, 0.2) is 0 Å². The first kappa shape index (κ1) is 12.7. The third-order valence-corrected chi connectivity index (χ3v) is 4.74. The van der Waals surface area contributed by atoms with Crippen LogP contribution in [0.4, 0.5) is 5.95 Å². The molecular formula is C14H20N4S. The lowest BCUT2D eigenvalue weighted by Crippen LogP contribution is -2.15. The normalized spacial score (nSPS) is 17.7. The Kier molecular flexibility index (Phi) is 3.82. The molecule has 0 amide bonds. The fourth-order valence-corrected chi connectivity index (χ4v) is 3.58. The van der Waals surface area contributed by atoms with E-state index < -0.39 is 0 Å². The molecule has 0 spiro atoms. The molecule has 19 heavy (non-hydrogen) atoms. The first-order chi connectivity index (χ1) is 9.38. The van der Waals surface area contributed by atoms with E-state index in [0.717, 1.165) is 17.4 Å². The van der Waals surface area contributed by atoms with Crippen LogP contribution in [0.5, 0.6) is 0 Å². The molecular weight excluding hydrogens is 256 g/mol. The summed E-state index contributed by atoms with van der Waals surface area (Å²) in [6, 6.07) is 0.890. The highest BCUT2D eigenvalue weighted by molar-refractivity contribution is 7.09. The maximum atomic E-state index is 4.49. The van der Waals surface area contributed by atoms with Crippen molar-refractivity contribution in [1.82, 2.24) is 14.5 Å². The second-order valence-corrected chi connectivity index (χ2v) is 6.00. The average Bonchev–Trinajstić information content (AvgIpc) is 3.15. The fraction of sp³-hybridized carbons (Fsp3) is 0.571. The van der Waals surface area contributed by atoms with Crippen LogP contribution < -0.4 is 5.32 Å². The van der Waals surface area contributed by atoms with Crippen LogP contribution in [0.25, 0.3) is 0 Å². The predicted molar refractivity (Wildman–Crippen MR) is 78.5 cm³/mol. The van der Waals surface area contributed by atoms with Gasteiger partial charge in [-0.15, -0.1) is 11.3 Å². The molecule has 1 aliphatic carbocycles. The Bertz CT molecular complexity index is 499. The molecule has 0 bridgehead atoms. The van der Waals surface area contributed by atoms with Crippen LogP contribution in [0.15, 0.2) is 24.0 Å². The van der Waals surface area contributed by atoms with Crippen molar-refractivity contribution in [2.24, 2.45) is 0 Å². The first-order valence-electron chi connectivity index (χ1n) is 7.07. The summed E-state index contributed by atoms with van der Waals surface area (Å²) in [6.45, 7) is 2.18. The molecule has 1 N–H and O–H groups in total. The van der Waals surface area contributed by atoms with E-state index in [1.807, 2.05) is 17.8 Å². The molecule has 0 saturated heterocycles. The maximum absolute atomic E-state index is 4.49. The number of hydrogen-bond acceptors (Lipinski definition) is 4. The van der Waals surface area contributed by atoms with Crippen molar-refractivity contribution in [2.45, 2.75) is 51.1 Å². The number of anilines is 1. The highest BCUT2D eigenvalue weighted by atomic mass is 32.1. The van der Waals surface area contributed by atoms with Crippen molar-refractivity contribution in [3.8, 4) is 0 Å². The van der Waals surface area contributed by atoms with E-state index in [4.69, 9.17) is 0 Å². The number of rotatable bonds is 5. The van der Waals surface area contributed by atoms with Crippen LogP contribution in [-0.2, 0) is 0 Å². The summed E-state index contributed by atoms with van der Waals surface area (Å²) in [6.07, 6.45) is 12.1. The molecule has 1 aliphatic rings. The van der Waals surface area contributed by atoms with Gasteiger partial charge in [0.05, 0.1) is 6.04 Å². The van der Waals surface area contributed by atoms with Gasteiger partial charge in [0.2, 0.25) is 5.95 Å². The van der Waals surface area contributed by atoms with Gasteiger partial charge in [-0.1, -0.05) is 19.8 Å². The van der Waals surface area contributed by atoms with E-state index in [1.54, 1.807) is 11.3 Å². The highest BCUT2D eigenvalue weighted by Gasteiger charge is 2.21. The summed E-state index contributed by atoms with van der Waals surface area (Å²) >= 11 is 1.70. The number of imidazole rings is 1. The summed E-state index contributed by atoms with van der Waals surface area (Å²) in [4.78, 5) is 8.90. The quantitative estimate of drug-likeness (QED) is 0.897. The Morgan fingerprint density at radius 3 is 2.89 bits per heavy atom. The van der Waals surface area contributed by atoms with Crippen LogP contribution >= 0.6 is 11.3 Å². The maximum Gasteiger partial charge on any atom is 0.203 e. The second kappa shape index (κ2) is 5.74. The molecule has 1 unspecified atom stereocenters. The number of nitrogens with zero attached hydrogens (tertiary/aromatic N) is 3. The van der Waals surface area contributed by atoms with Gasteiger partial charge in [0.1, 0.15) is 5.01 Å². The Labute approximate surface area is 117 Å². The molecule has 0 radical (unpaired) electrons. The lowest BCUT2D eigenvalue weighted by Gasteiger charge is -2.19. The molecule has 2 aromatic heterocycles. The van der Waals surface area contributed by atoms with Gasteiger partial charge in [0.25, 0.3) is 0 Å². The first-order valence-corrected chi connectivity index (χ1v) is 7.95. The summed E-state index contributed by atoms with van der Waals surface area (Å²) in [5.74, 6) is 0.994. The van der Waals surface area contributed by atoms with E-state index >= 15 is 0 Å². The third-order valence-electron chi connectivity index (χ3n) is 3.85. The second-order valence-electron chi connectivity index (χ2n) is 5.07. The van der Waals surface area contributed by atoms with E-state index in [9.17, 15) is 0 Å². The minimum atomic E-state index is 0.266. The topological polar surface area (TPSA) is 42.7 Å². The Hall–Kier alpha value is -1.36. The number of hydrogen-bond donors (Lipinski definition) is 1. The van der Waals surface area contributed by atoms with Gasteiger partial charge < -0.3 is 9.88 Å². The smallest absolute Gasteiger partial charge is 0.203 e. The Morgan fingerprint density at radius 1 is 1.37 bits per heavy atom. The molecule has 1 saturated carbocycles. The summed E-state index contributed by atoms with van der Waals surface area (Å²) in [5.41, 5.74) is 0. The highest BCUT2D eigenvalue weighted by Crippen LogP contribution is 2.32. The van der Waals surface area contributed by atoms with Gasteiger partial charge in [-0.05, 0) is 19.3 Å². The standard InChI is InChI=1S/C14H20N4S/c1-2-12(13-15-8-10-19-13)17-14-16-7-9-18(14)11-5-3-4-6-11/h7-12H,2-6H2,1H3,(H,16,17). The number of nitrogens with one attached hydrogen (secondary N) is 1. The van der Waals surface area contributed by atoms with Gasteiger partial charge in [-0.3, -0.25) is 0 Å². The lowest BCUT2D eigenvalue weighted by atomic mass is 10.2. The fourth-order valence-electron chi connectivity index (χ4n) is 2.80. The molecule has 5 heteroatoms. The largest absolute Gasteiger partial charge is 0.346 e. The lowest BCUT2D eigenvalue weighted by molar-refractivity contribution is 0.519. The molecule has 4 nitrogen and oxygen atoms in total. The zero-order valence-corrected chi connectivity index (χ0v) is 12.1. The van der Waals surface area contributed by atoms with Gasteiger partial charge in [-0.25, -0.2) is 9.97 Å². The number of aromatic nitrogens is 3. The summed E-state index contributed by atoms with van der Waals surface area (Å²) in [5, 5.41) is 6.73. The zero-order valence-electron chi connectivity index (χ0n) is 11.2. The van der Waals surface area contributed by atoms with Crippen LogP contribution in [0.2, 0.25) is 0 Å². The van der Waals surface area contributed by atoms with Crippen molar-refractivity contribution >= 4 is 17.3 Å². The van der Waals surface area contributed by atoms with Crippen LogP contribution in [0, 0.1) is 0 Å². The van der Waals surface area contributed by atoms with Crippen LogP contribution in [0.3, 0.4) is 0 Å². The SMILES string of the molecule is CCC(Nc1nccn1C1CCCC1)c1nccs1. The summed E-state index contributed by atoms with van der Waals surface area (Å²) in [7, 11) is 0. The van der Waals surface area contributed by atoms with Gasteiger partial charge >= 0.3 is 0 Å². The van der Waals surface area contributed by atoms with Crippen LogP contribution in [0.1, 0.15) is 56.1 Å². The summed E-state index contributed by atoms with van der Waals surface area (Å²) < 4.78 is 2.31. The van der Waals surface area contributed by atoms with E-state index in [0.29, 0.717) is 6.04 Å².